The van der Waals surface area contributed by atoms with E-state index in [0.717, 1.165) is 6.42 Å². The monoisotopic (exact) mass is 270 g/mol. The molecule has 4 heteroatoms. The van der Waals surface area contributed by atoms with Gasteiger partial charge in [-0.3, -0.25) is 4.79 Å². The molecule has 0 radical (unpaired) electrons. The molecule has 0 saturated heterocycles. The summed E-state index contributed by atoms with van der Waals surface area (Å²) in [5.41, 5.74) is 2.51. The summed E-state index contributed by atoms with van der Waals surface area (Å²) in [6, 6.07) is 8.52. The van der Waals surface area contributed by atoms with E-state index >= 15 is 0 Å². The third kappa shape index (κ3) is 6.03. The van der Waals surface area contributed by atoms with E-state index < -0.39 is 0 Å². The largest absolute Gasteiger partial charge is 0.355 e. The van der Waals surface area contributed by atoms with Crippen LogP contribution in [0.4, 0.5) is 0 Å². The number of benzene rings is 1. The topological polar surface area (TPSA) is 41.1 Å². The predicted octanol–water partition coefficient (Wildman–Crippen LogP) is 2.07. The van der Waals surface area contributed by atoms with Crippen LogP contribution in [0, 0.1) is 6.92 Å². The lowest BCUT2D eigenvalue weighted by Gasteiger charge is -2.11. The fourth-order valence-electron chi connectivity index (χ4n) is 1.60. The van der Waals surface area contributed by atoms with Crippen LogP contribution in [-0.4, -0.2) is 25.5 Å². The maximum absolute atomic E-state index is 11.6. The summed E-state index contributed by atoms with van der Waals surface area (Å²) in [5, 5.41) is 6.01. The van der Waals surface area contributed by atoms with Crippen molar-refractivity contribution in [1.29, 1.82) is 0 Å². The van der Waals surface area contributed by atoms with Gasteiger partial charge in [0.2, 0.25) is 5.91 Å². The summed E-state index contributed by atoms with van der Waals surface area (Å²) in [4.78, 5) is 11.6. The molecule has 0 aromatic heterocycles. The van der Waals surface area contributed by atoms with Gasteiger partial charge in [-0.1, -0.05) is 24.3 Å². The quantitative estimate of drug-likeness (QED) is 0.831. The summed E-state index contributed by atoms with van der Waals surface area (Å²) in [6.07, 6.45) is 1.37. The highest BCUT2D eigenvalue weighted by Crippen LogP contribution is 2.09. The first kappa shape index (κ1) is 16.9. The van der Waals surface area contributed by atoms with Crippen molar-refractivity contribution >= 4 is 18.3 Å². The minimum atomic E-state index is 0. The second kappa shape index (κ2) is 8.95. The second-order valence-corrected chi connectivity index (χ2v) is 4.42. The Kier molecular flexibility index (Phi) is 8.42. The molecular formula is C14H23ClN2O. The van der Waals surface area contributed by atoms with Gasteiger partial charge >= 0.3 is 0 Å². The van der Waals surface area contributed by atoms with E-state index in [1.807, 2.05) is 26.1 Å². The van der Waals surface area contributed by atoms with Crippen molar-refractivity contribution in [3.8, 4) is 0 Å². The van der Waals surface area contributed by atoms with Crippen molar-refractivity contribution in [3.63, 3.8) is 0 Å². The number of carbonyl (C=O) groups is 1. The summed E-state index contributed by atoms with van der Waals surface area (Å²) in [5.74, 6) is 0.121. The molecule has 2 N–H and O–H groups in total. The molecule has 0 fully saturated rings. The van der Waals surface area contributed by atoms with E-state index in [2.05, 4.69) is 29.7 Å². The van der Waals surface area contributed by atoms with E-state index in [4.69, 9.17) is 0 Å². The molecule has 0 aliphatic heterocycles. The fourth-order valence-corrected chi connectivity index (χ4v) is 1.60. The van der Waals surface area contributed by atoms with Gasteiger partial charge in [0, 0.05) is 19.0 Å². The van der Waals surface area contributed by atoms with Gasteiger partial charge in [-0.25, -0.2) is 0 Å². The lowest BCUT2D eigenvalue weighted by molar-refractivity contribution is -0.121. The Labute approximate surface area is 116 Å². The van der Waals surface area contributed by atoms with Crippen LogP contribution in [0.1, 0.15) is 24.5 Å². The van der Waals surface area contributed by atoms with E-state index in [1.165, 1.54) is 11.1 Å². The van der Waals surface area contributed by atoms with Crippen molar-refractivity contribution in [3.05, 3.63) is 35.4 Å². The molecule has 1 unspecified atom stereocenters. The zero-order chi connectivity index (χ0) is 12.7. The average molecular weight is 271 g/mol. The molecule has 1 aromatic carbocycles. The van der Waals surface area contributed by atoms with E-state index in [1.54, 1.807) is 0 Å². The third-order valence-electron chi connectivity index (χ3n) is 2.98. The van der Waals surface area contributed by atoms with Crippen LogP contribution in [0.25, 0.3) is 0 Å². The molecule has 0 bridgehead atoms. The predicted molar refractivity (Wildman–Crippen MR) is 78.3 cm³/mol. The van der Waals surface area contributed by atoms with Gasteiger partial charge in [-0.05, 0) is 38.4 Å². The first-order valence-corrected chi connectivity index (χ1v) is 6.12. The van der Waals surface area contributed by atoms with Crippen molar-refractivity contribution in [2.24, 2.45) is 0 Å². The summed E-state index contributed by atoms with van der Waals surface area (Å²) in [7, 11) is 1.89. The SMILES string of the molecule is CNC(C)CNC(=O)CCc1ccccc1C.Cl. The fraction of sp³-hybridized carbons (Fsp3) is 0.500. The van der Waals surface area contributed by atoms with Crippen LogP contribution in [-0.2, 0) is 11.2 Å². The molecule has 0 aliphatic carbocycles. The summed E-state index contributed by atoms with van der Waals surface area (Å²) in [6.45, 7) is 4.81. The first-order chi connectivity index (χ1) is 8.13. The Morgan fingerprint density at radius 2 is 2.00 bits per heavy atom. The van der Waals surface area contributed by atoms with Gasteiger partial charge < -0.3 is 10.6 Å². The Morgan fingerprint density at radius 3 is 2.61 bits per heavy atom. The van der Waals surface area contributed by atoms with Gasteiger partial charge in [0.25, 0.3) is 0 Å². The lowest BCUT2D eigenvalue weighted by Crippen LogP contribution is -2.37. The summed E-state index contributed by atoms with van der Waals surface area (Å²) < 4.78 is 0. The first-order valence-electron chi connectivity index (χ1n) is 6.12. The normalized spacial score (nSPS) is 11.5. The van der Waals surface area contributed by atoms with Crippen LogP contribution in [0.5, 0.6) is 0 Å². The van der Waals surface area contributed by atoms with Crippen LogP contribution in [0.3, 0.4) is 0 Å². The van der Waals surface area contributed by atoms with Crippen molar-refractivity contribution < 1.29 is 4.79 Å². The highest BCUT2D eigenvalue weighted by molar-refractivity contribution is 5.85. The van der Waals surface area contributed by atoms with Gasteiger partial charge in [0.05, 0.1) is 0 Å². The number of rotatable bonds is 6. The molecule has 1 aromatic rings. The molecule has 1 atom stereocenters. The molecule has 0 saturated carbocycles. The Hall–Kier alpha value is -1.06. The maximum Gasteiger partial charge on any atom is 0.220 e. The van der Waals surface area contributed by atoms with Gasteiger partial charge in [-0.15, -0.1) is 12.4 Å². The molecule has 0 heterocycles. The number of nitrogens with one attached hydrogen (secondary N) is 2. The maximum atomic E-state index is 11.6. The van der Waals surface area contributed by atoms with Crippen LogP contribution in [0.2, 0.25) is 0 Å². The van der Waals surface area contributed by atoms with Gasteiger partial charge in [0.1, 0.15) is 0 Å². The zero-order valence-corrected chi connectivity index (χ0v) is 12.1. The number of carbonyl (C=O) groups excluding carboxylic acids is 1. The molecule has 0 aliphatic rings. The number of halogens is 1. The van der Waals surface area contributed by atoms with Gasteiger partial charge in [0.15, 0.2) is 0 Å². The third-order valence-corrected chi connectivity index (χ3v) is 2.98. The van der Waals surface area contributed by atoms with E-state index in [9.17, 15) is 4.79 Å². The highest BCUT2D eigenvalue weighted by atomic mass is 35.5. The van der Waals surface area contributed by atoms with Crippen molar-refractivity contribution in [2.75, 3.05) is 13.6 Å². The van der Waals surface area contributed by atoms with E-state index in [-0.39, 0.29) is 18.3 Å². The second-order valence-electron chi connectivity index (χ2n) is 4.42. The van der Waals surface area contributed by atoms with Crippen LogP contribution in [0.15, 0.2) is 24.3 Å². The average Bonchev–Trinajstić information content (AvgIpc) is 2.35. The number of hydrogen-bond donors (Lipinski definition) is 2. The smallest absolute Gasteiger partial charge is 0.220 e. The van der Waals surface area contributed by atoms with Crippen LogP contribution < -0.4 is 10.6 Å². The Balaban J connectivity index is 0.00000289. The minimum absolute atomic E-state index is 0. The van der Waals surface area contributed by atoms with Crippen LogP contribution >= 0.6 is 12.4 Å². The molecular weight excluding hydrogens is 248 g/mol. The molecule has 1 amide bonds. The minimum Gasteiger partial charge on any atom is -0.355 e. The Bertz CT molecular complexity index is 369. The molecule has 18 heavy (non-hydrogen) atoms. The number of aryl methyl sites for hydroxylation is 2. The summed E-state index contributed by atoms with van der Waals surface area (Å²) >= 11 is 0. The molecule has 102 valence electrons. The Morgan fingerprint density at radius 1 is 1.33 bits per heavy atom. The standard InChI is InChI=1S/C14H22N2O.ClH/c1-11-6-4-5-7-13(11)8-9-14(17)16-10-12(2)15-3;/h4-7,12,15H,8-10H2,1-3H3,(H,16,17);1H. The molecule has 1 rings (SSSR count). The zero-order valence-electron chi connectivity index (χ0n) is 11.3. The number of hydrogen-bond acceptors (Lipinski definition) is 2. The number of amides is 1. The molecule has 3 nitrogen and oxygen atoms in total. The number of likely N-dealkylation sites (N-methyl/N-ethyl adjacent to an activating group) is 1. The molecule has 0 spiro atoms. The van der Waals surface area contributed by atoms with E-state index in [0.29, 0.717) is 19.0 Å². The van der Waals surface area contributed by atoms with Crippen molar-refractivity contribution in [1.82, 2.24) is 10.6 Å². The highest BCUT2D eigenvalue weighted by Gasteiger charge is 2.05. The lowest BCUT2D eigenvalue weighted by atomic mass is 10.0. The van der Waals surface area contributed by atoms with Gasteiger partial charge in [-0.2, -0.15) is 0 Å². The van der Waals surface area contributed by atoms with Crippen molar-refractivity contribution in [2.45, 2.75) is 32.7 Å².